The molecule has 0 amide bonds. The van der Waals surface area contributed by atoms with Crippen LogP contribution in [0.2, 0.25) is 0 Å². The number of hydrogen-bond donors (Lipinski definition) is 1. The van der Waals surface area contributed by atoms with Crippen LogP contribution in [0.4, 0.5) is 0 Å². The number of rotatable bonds is 4. The molecule has 0 aliphatic carbocycles. The molecule has 3 aromatic carbocycles. The minimum atomic E-state index is -1.14. The zero-order valence-electron chi connectivity index (χ0n) is 14.9. The summed E-state index contributed by atoms with van der Waals surface area (Å²) < 4.78 is 16.1. The van der Waals surface area contributed by atoms with Gasteiger partial charge in [-0.3, -0.25) is 0 Å². The monoisotopic (exact) mass is 362 g/mol. The van der Waals surface area contributed by atoms with Gasteiger partial charge in [0.25, 0.3) is 0 Å². The van der Waals surface area contributed by atoms with Crippen LogP contribution in [0.15, 0.2) is 66.7 Å². The molecule has 0 aromatic heterocycles. The molecule has 1 N–H and O–H groups in total. The van der Waals surface area contributed by atoms with Gasteiger partial charge in [0.15, 0.2) is 0 Å². The molecule has 4 rings (SSSR count). The number of esters is 1. The Balaban J connectivity index is 1.99. The van der Waals surface area contributed by atoms with E-state index in [0.717, 1.165) is 11.1 Å². The van der Waals surface area contributed by atoms with Gasteiger partial charge in [-0.15, -0.1) is 0 Å². The number of hydrogen-bond acceptors (Lipinski definition) is 5. The van der Waals surface area contributed by atoms with Crippen molar-refractivity contribution in [3.63, 3.8) is 0 Å². The van der Waals surface area contributed by atoms with Crippen LogP contribution in [0.1, 0.15) is 16.7 Å². The molecule has 1 aliphatic rings. The minimum absolute atomic E-state index is 0.0433. The van der Waals surface area contributed by atoms with Crippen molar-refractivity contribution in [2.24, 2.45) is 0 Å². The SMILES string of the molecule is COc1ccc(C2(c3ccc(OC)cc3)C(=O)Oc3cc(O)ccc32)cc1. The molecule has 0 bridgehead atoms. The molecule has 136 valence electrons. The summed E-state index contributed by atoms with van der Waals surface area (Å²) in [5, 5.41) is 9.81. The van der Waals surface area contributed by atoms with E-state index in [2.05, 4.69) is 0 Å². The van der Waals surface area contributed by atoms with Crippen LogP contribution in [0.5, 0.6) is 23.0 Å². The summed E-state index contributed by atoms with van der Waals surface area (Å²) in [7, 11) is 3.19. The Hall–Kier alpha value is -3.47. The fraction of sp³-hybridized carbons (Fsp3) is 0.136. The van der Waals surface area contributed by atoms with E-state index in [1.54, 1.807) is 26.4 Å². The summed E-state index contributed by atoms with van der Waals surface area (Å²) in [6, 6.07) is 19.4. The third-order valence-corrected chi connectivity index (χ3v) is 4.92. The van der Waals surface area contributed by atoms with Crippen molar-refractivity contribution in [2.75, 3.05) is 14.2 Å². The van der Waals surface area contributed by atoms with Gasteiger partial charge in [0.1, 0.15) is 28.4 Å². The minimum Gasteiger partial charge on any atom is -0.508 e. The van der Waals surface area contributed by atoms with Crippen LogP contribution < -0.4 is 14.2 Å². The molecule has 0 saturated carbocycles. The third kappa shape index (κ3) is 2.51. The second-order valence-corrected chi connectivity index (χ2v) is 6.28. The zero-order valence-corrected chi connectivity index (χ0v) is 14.9. The first-order valence-corrected chi connectivity index (χ1v) is 8.44. The van der Waals surface area contributed by atoms with Crippen LogP contribution in [-0.2, 0) is 10.2 Å². The van der Waals surface area contributed by atoms with Crippen LogP contribution in [-0.4, -0.2) is 25.3 Å². The van der Waals surface area contributed by atoms with Crippen LogP contribution >= 0.6 is 0 Å². The number of carbonyl (C=O) groups excluding carboxylic acids is 1. The van der Waals surface area contributed by atoms with Crippen molar-refractivity contribution in [1.82, 2.24) is 0 Å². The van der Waals surface area contributed by atoms with Gasteiger partial charge in [0, 0.05) is 11.6 Å². The number of carbonyl (C=O) groups is 1. The zero-order chi connectivity index (χ0) is 19.0. The Bertz CT molecular complexity index is 943. The normalized spacial score (nSPS) is 14.4. The Morgan fingerprint density at radius 3 is 1.81 bits per heavy atom. The lowest BCUT2D eigenvalue weighted by Gasteiger charge is -2.27. The first kappa shape index (κ1) is 17.0. The third-order valence-electron chi connectivity index (χ3n) is 4.92. The van der Waals surface area contributed by atoms with Gasteiger partial charge in [-0.2, -0.15) is 0 Å². The highest BCUT2D eigenvalue weighted by Crippen LogP contribution is 2.50. The lowest BCUT2D eigenvalue weighted by atomic mass is 9.70. The highest BCUT2D eigenvalue weighted by molar-refractivity contribution is 5.98. The quantitative estimate of drug-likeness (QED) is 0.567. The average Bonchev–Trinajstić information content (AvgIpc) is 2.99. The maximum atomic E-state index is 13.2. The fourth-order valence-corrected chi connectivity index (χ4v) is 3.59. The topological polar surface area (TPSA) is 65.0 Å². The van der Waals surface area contributed by atoms with E-state index in [1.807, 2.05) is 48.5 Å². The maximum Gasteiger partial charge on any atom is 0.331 e. The summed E-state index contributed by atoms with van der Waals surface area (Å²) in [5.41, 5.74) is 1.05. The summed E-state index contributed by atoms with van der Waals surface area (Å²) in [4.78, 5) is 13.2. The Morgan fingerprint density at radius 2 is 1.33 bits per heavy atom. The van der Waals surface area contributed by atoms with E-state index in [0.29, 0.717) is 22.8 Å². The number of phenols is 1. The van der Waals surface area contributed by atoms with Crippen LogP contribution in [0, 0.1) is 0 Å². The molecule has 0 unspecified atom stereocenters. The van der Waals surface area contributed by atoms with Gasteiger partial charge >= 0.3 is 5.97 Å². The lowest BCUT2D eigenvalue weighted by Crippen LogP contribution is -2.36. The molecule has 1 aliphatic heterocycles. The van der Waals surface area contributed by atoms with Gasteiger partial charge in [-0.1, -0.05) is 24.3 Å². The van der Waals surface area contributed by atoms with Crippen molar-refractivity contribution in [3.05, 3.63) is 83.4 Å². The van der Waals surface area contributed by atoms with Gasteiger partial charge in [-0.05, 0) is 47.5 Å². The molecule has 3 aromatic rings. The maximum absolute atomic E-state index is 13.2. The fourth-order valence-electron chi connectivity index (χ4n) is 3.59. The number of fused-ring (bicyclic) bond motifs is 1. The molecule has 0 spiro atoms. The molecular weight excluding hydrogens is 344 g/mol. The summed E-state index contributed by atoms with van der Waals surface area (Å²) >= 11 is 0. The van der Waals surface area contributed by atoms with Crippen molar-refractivity contribution in [2.45, 2.75) is 5.41 Å². The standard InChI is InChI=1S/C22H18O5/c1-25-17-8-3-14(4-9-17)22(15-5-10-18(26-2)11-6-15)19-12-7-16(23)13-20(19)27-21(22)24/h3-13,23H,1-2H3. The van der Waals surface area contributed by atoms with Crippen molar-refractivity contribution >= 4 is 5.97 Å². The second kappa shape index (κ2) is 6.36. The van der Waals surface area contributed by atoms with E-state index in [4.69, 9.17) is 14.2 Å². The van der Waals surface area contributed by atoms with E-state index in [9.17, 15) is 9.90 Å². The summed E-state index contributed by atoms with van der Waals surface area (Å²) in [6.45, 7) is 0. The van der Waals surface area contributed by atoms with Gasteiger partial charge in [0.2, 0.25) is 0 Å². The van der Waals surface area contributed by atoms with Gasteiger partial charge < -0.3 is 19.3 Å². The smallest absolute Gasteiger partial charge is 0.331 e. The largest absolute Gasteiger partial charge is 0.508 e. The number of phenolic OH excluding ortho intramolecular Hbond substituents is 1. The molecule has 0 saturated heterocycles. The average molecular weight is 362 g/mol. The molecule has 27 heavy (non-hydrogen) atoms. The Kier molecular flexibility index (Phi) is 4.00. The highest BCUT2D eigenvalue weighted by atomic mass is 16.5. The predicted octanol–water partition coefficient (Wildman–Crippen LogP) is 3.66. The molecule has 0 atom stereocenters. The summed E-state index contributed by atoms with van der Waals surface area (Å²) in [6.07, 6.45) is 0. The number of ether oxygens (including phenoxy) is 3. The molecule has 0 fully saturated rings. The van der Waals surface area contributed by atoms with E-state index >= 15 is 0 Å². The van der Waals surface area contributed by atoms with Crippen molar-refractivity contribution in [3.8, 4) is 23.0 Å². The number of aromatic hydroxyl groups is 1. The lowest BCUT2D eigenvalue weighted by molar-refractivity contribution is -0.135. The van der Waals surface area contributed by atoms with Crippen LogP contribution in [0.3, 0.4) is 0 Å². The van der Waals surface area contributed by atoms with Gasteiger partial charge in [0.05, 0.1) is 14.2 Å². The van der Waals surface area contributed by atoms with E-state index in [1.165, 1.54) is 6.07 Å². The van der Waals surface area contributed by atoms with Crippen molar-refractivity contribution in [1.29, 1.82) is 0 Å². The molecule has 5 nitrogen and oxygen atoms in total. The van der Waals surface area contributed by atoms with E-state index < -0.39 is 11.4 Å². The number of benzene rings is 3. The Labute approximate surface area is 156 Å². The molecule has 5 heteroatoms. The molecule has 1 heterocycles. The second-order valence-electron chi connectivity index (χ2n) is 6.28. The number of methoxy groups -OCH3 is 2. The van der Waals surface area contributed by atoms with Crippen LogP contribution in [0.25, 0.3) is 0 Å². The van der Waals surface area contributed by atoms with E-state index in [-0.39, 0.29) is 5.75 Å². The molecular formula is C22H18O5. The van der Waals surface area contributed by atoms with Gasteiger partial charge in [-0.25, -0.2) is 4.79 Å². The first-order chi connectivity index (χ1) is 13.1. The Morgan fingerprint density at radius 1 is 0.815 bits per heavy atom. The predicted molar refractivity (Wildman–Crippen MR) is 99.6 cm³/mol. The van der Waals surface area contributed by atoms with Crippen molar-refractivity contribution < 1.29 is 24.1 Å². The first-order valence-electron chi connectivity index (χ1n) is 8.44. The highest BCUT2D eigenvalue weighted by Gasteiger charge is 2.52. The molecule has 0 radical (unpaired) electrons. The summed E-state index contributed by atoms with van der Waals surface area (Å²) in [5.74, 6) is 1.37.